The lowest BCUT2D eigenvalue weighted by Crippen LogP contribution is -2.17. The summed E-state index contributed by atoms with van der Waals surface area (Å²) in [6.07, 6.45) is 1.11. The van der Waals surface area contributed by atoms with E-state index in [1.807, 2.05) is 32.2 Å². The molecule has 0 saturated carbocycles. The van der Waals surface area contributed by atoms with Crippen LogP contribution in [0.25, 0.3) is 11.5 Å². The van der Waals surface area contributed by atoms with E-state index in [4.69, 9.17) is 13.6 Å². The zero-order valence-corrected chi connectivity index (χ0v) is 17.7. The Labute approximate surface area is 170 Å². The molecule has 0 aliphatic carbocycles. The summed E-state index contributed by atoms with van der Waals surface area (Å²) >= 11 is 0. The Morgan fingerprint density at radius 1 is 1.10 bits per heavy atom. The zero-order chi connectivity index (χ0) is 21.0. The minimum absolute atomic E-state index is 0.373. The van der Waals surface area contributed by atoms with Crippen LogP contribution in [0.5, 0.6) is 0 Å². The van der Waals surface area contributed by atoms with Gasteiger partial charge in [0.15, 0.2) is 0 Å². The van der Waals surface area contributed by atoms with Crippen molar-refractivity contribution in [2.75, 3.05) is 25.1 Å². The number of anilines is 1. The van der Waals surface area contributed by atoms with E-state index >= 15 is 0 Å². The van der Waals surface area contributed by atoms with Gasteiger partial charge in [-0.1, -0.05) is 12.1 Å². The van der Waals surface area contributed by atoms with Crippen LogP contribution in [0.4, 0.5) is 5.69 Å². The maximum absolute atomic E-state index is 11.6. The Hall–Kier alpha value is -2.62. The van der Waals surface area contributed by atoms with Gasteiger partial charge in [0.2, 0.25) is 15.9 Å². The fourth-order valence-electron chi connectivity index (χ4n) is 2.95. The monoisotopic (exact) mass is 419 g/mol. The van der Waals surface area contributed by atoms with E-state index in [1.165, 1.54) is 0 Å². The van der Waals surface area contributed by atoms with E-state index in [0.717, 1.165) is 23.5 Å². The molecule has 1 N–H and O–H groups in total. The Morgan fingerprint density at radius 3 is 2.55 bits per heavy atom. The van der Waals surface area contributed by atoms with Gasteiger partial charge >= 0.3 is 0 Å². The summed E-state index contributed by atoms with van der Waals surface area (Å²) in [4.78, 5) is 6.65. The molecular weight excluding hydrogens is 394 g/mol. The molecule has 2 aromatic heterocycles. The Morgan fingerprint density at radius 2 is 1.83 bits per heavy atom. The highest BCUT2D eigenvalue weighted by Gasteiger charge is 2.17. The maximum atomic E-state index is 11.6. The molecule has 2 heterocycles. The van der Waals surface area contributed by atoms with Gasteiger partial charge in [-0.2, -0.15) is 0 Å². The van der Waals surface area contributed by atoms with Crippen LogP contribution >= 0.6 is 0 Å². The molecule has 0 spiro atoms. The van der Waals surface area contributed by atoms with Gasteiger partial charge in [0.1, 0.15) is 23.9 Å². The molecule has 1 aromatic carbocycles. The number of ether oxygens (including phenoxy) is 1. The van der Waals surface area contributed by atoms with Crippen LogP contribution in [-0.4, -0.2) is 38.7 Å². The summed E-state index contributed by atoms with van der Waals surface area (Å²) in [5, 5.41) is 0. The average Bonchev–Trinajstić information content (AvgIpc) is 3.21. The second kappa shape index (κ2) is 8.81. The van der Waals surface area contributed by atoms with E-state index in [1.54, 1.807) is 25.3 Å². The summed E-state index contributed by atoms with van der Waals surface area (Å²) in [5.74, 6) is 2.67. The number of hydrogen-bond acceptors (Lipinski definition) is 7. The van der Waals surface area contributed by atoms with Crippen molar-refractivity contribution in [2.24, 2.45) is 0 Å². The fraction of sp³-hybridized carbons (Fsp3) is 0.350. The number of rotatable bonds is 9. The van der Waals surface area contributed by atoms with Crippen LogP contribution < -0.4 is 4.72 Å². The van der Waals surface area contributed by atoms with E-state index in [-0.39, 0.29) is 0 Å². The van der Waals surface area contributed by atoms with Crippen LogP contribution in [0.15, 0.2) is 45.2 Å². The molecule has 0 atom stereocenters. The molecule has 0 bridgehead atoms. The molecular formula is C20H25N3O5S. The Balaban J connectivity index is 1.75. The van der Waals surface area contributed by atoms with Gasteiger partial charge in [-0.15, -0.1) is 0 Å². The van der Waals surface area contributed by atoms with Crippen molar-refractivity contribution in [3.05, 3.63) is 59.4 Å². The third kappa shape index (κ3) is 5.69. The molecule has 9 heteroatoms. The lowest BCUT2D eigenvalue weighted by atomic mass is 10.2. The Kier molecular flexibility index (Phi) is 6.41. The number of nitrogens with zero attached hydrogens (tertiary/aromatic N) is 2. The summed E-state index contributed by atoms with van der Waals surface area (Å²) < 4.78 is 42.4. The number of aryl methyl sites for hydroxylation is 1. The van der Waals surface area contributed by atoms with Gasteiger partial charge in [0.05, 0.1) is 29.7 Å². The standard InChI is InChI=1S/C20H25N3O5S/c1-14-19(12-23(2)11-15-9-10-16(28-15)13-26-3)21-20(27-14)17-7-5-6-8-18(17)22-29(4,24)25/h5-10,22H,11-13H2,1-4H3. The van der Waals surface area contributed by atoms with Crippen molar-refractivity contribution in [2.45, 2.75) is 26.6 Å². The number of furan rings is 1. The van der Waals surface area contributed by atoms with Crippen molar-refractivity contribution in [1.29, 1.82) is 0 Å². The van der Waals surface area contributed by atoms with E-state index < -0.39 is 10.0 Å². The van der Waals surface area contributed by atoms with Crippen LogP contribution in [0.2, 0.25) is 0 Å². The van der Waals surface area contributed by atoms with Gasteiger partial charge in [-0.25, -0.2) is 13.4 Å². The highest BCUT2D eigenvalue weighted by atomic mass is 32.2. The third-order valence-electron chi connectivity index (χ3n) is 4.19. The summed E-state index contributed by atoms with van der Waals surface area (Å²) in [7, 11) is 0.178. The number of nitrogens with one attached hydrogen (secondary N) is 1. The van der Waals surface area contributed by atoms with Gasteiger partial charge in [0, 0.05) is 13.7 Å². The summed E-state index contributed by atoms with van der Waals surface area (Å²) in [6, 6.07) is 10.8. The normalized spacial score (nSPS) is 11.9. The average molecular weight is 420 g/mol. The van der Waals surface area contributed by atoms with Crippen molar-refractivity contribution >= 4 is 15.7 Å². The molecule has 0 radical (unpaired) electrons. The van der Waals surface area contributed by atoms with Crippen molar-refractivity contribution in [3.8, 4) is 11.5 Å². The molecule has 0 fully saturated rings. The largest absolute Gasteiger partial charge is 0.462 e. The summed E-state index contributed by atoms with van der Waals surface area (Å²) in [6.45, 7) is 3.45. The van der Waals surface area contributed by atoms with Crippen molar-refractivity contribution in [1.82, 2.24) is 9.88 Å². The number of benzene rings is 1. The number of hydrogen-bond donors (Lipinski definition) is 1. The van der Waals surface area contributed by atoms with Crippen molar-refractivity contribution in [3.63, 3.8) is 0 Å². The highest BCUT2D eigenvalue weighted by Crippen LogP contribution is 2.29. The first kappa shape index (κ1) is 21.1. The molecule has 3 rings (SSSR count). The van der Waals surface area contributed by atoms with Crippen LogP contribution in [-0.2, 0) is 34.5 Å². The van der Waals surface area contributed by atoms with Crippen LogP contribution in [0.3, 0.4) is 0 Å². The zero-order valence-electron chi connectivity index (χ0n) is 16.9. The van der Waals surface area contributed by atoms with Gasteiger partial charge in [-0.05, 0) is 38.2 Å². The number of para-hydroxylation sites is 1. The molecule has 3 aromatic rings. The Bertz CT molecular complexity index is 1070. The fourth-order valence-corrected chi connectivity index (χ4v) is 3.53. The number of aromatic nitrogens is 1. The number of methoxy groups -OCH3 is 1. The van der Waals surface area contributed by atoms with E-state index in [0.29, 0.717) is 42.6 Å². The molecule has 29 heavy (non-hydrogen) atoms. The lowest BCUT2D eigenvalue weighted by molar-refractivity contribution is 0.160. The molecule has 0 aliphatic rings. The van der Waals surface area contributed by atoms with E-state index in [9.17, 15) is 8.42 Å². The molecule has 0 unspecified atom stereocenters. The molecule has 0 aliphatic heterocycles. The summed E-state index contributed by atoms with van der Waals surface area (Å²) in [5.41, 5.74) is 1.79. The lowest BCUT2D eigenvalue weighted by Gasteiger charge is -2.13. The molecule has 156 valence electrons. The van der Waals surface area contributed by atoms with E-state index in [2.05, 4.69) is 14.6 Å². The number of oxazole rings is 1. The molecule has 8 nitrogen and oxygen atoms in total. The first-order chi connectivity index (χ1) is 13.7. The minimum Gasteiger partial charge on any atom is -0.462 e. The topological polar surface area (TPSA) is 97.8 Å². The maximum Gasteiger partial charge on any atom is 0.229 e. The van der Waals surface area contributed by atoms with Crippen molar-refractivity contribution < 1.29 is 22.0 Å². The SMILES string of the molecule is COCc1ccc(CN(C)Cc2nc(-c3ccccc3NS(C)(=O)=O)oc2C)o1. The quantitative estimate of drug-likeness (QED) is 0.568. The first-order valence-corrected chi connectivity index (χ1v) is 10.9. The smallest absolute Gasteiger partial charge is 0.229 e. The second-order valence-corrected chi connectivity index (χ2v) is 8.66. The van der Waals surface area contributed by atoms with Gasteiger partial charge < -0.3 is 13.6 Å². The first-order valence-electron chi connectivity index (χ1n) is 9.03. The molecule has 0 saturated heterocycles. The predicted octanol–water partition coefficient (Wildman–Crippen LogP) is 3.39. The number of sulfonamides is 1. The molecule has 0 amide bonds. The predicted molar refractivity (Wildman–Crippen MR) is 110 cm³/mol. The second-order valence-electron chi connectivity index (χ2n) is 6.92. The van der Waals surface area contributed by atoms with Gasteiger partial charge in [0.25, 0.3) is 0 Å². The highest BCUT2D eigenvalue weighted by molar-refractivity contribution is 7.92. The minimum atomic E-state index is -3.41. The van der Waals surface area contributed by atoms with Gasteiger partial charge in [-0.3, -0.25) is 9.62 Å². The third-order valence-corrected chi connectivity index (χ3v) is 4.79. The van der Waals surface area contributed by atoms with Crippen LogP contribution in [0.1, 0.15) is 23.0 Å². The van der Waals surface area contributed by atoms with Crippen LogP contribution in [0, 0.1) is 6.92 Å².